The number of rotatable bonds is 5. The maximum Gasteiger partial charge on any atom is 0.315 e. The molecule has 0 amide bonds. The van der Waals surface area contributed by atoms with E-state index in [0.29, 0.717) is 24.5 Å². The van der Waals surface area contributed by atoms with Crippen LogP contribution in [0.25, 0.3) is 0 Å². The number of hydrogen-bond donors (Lipinski definition) is 2. The third-order valence-electron chi connectivity index (χ3n) is 2.81. The van der Waals surface area contributed by atoms with Crippen LogP contribution in [-0.4, -0.2) is 35.0 Å². The van der Waals surface area contributed by atoms with Gasteiger partial charge < -0.3 is 19.8 Å². The standard InChI is InChI=1S/C11H20N4O2/c1-7(2)12-6-10-14-15-11(17-10)13-9-4-5-16-8(9)3/h7-9,12H,4-6H2,1-3H3,(H,13,15). The van der Waals surface area contributed by atoms with Crippen molar-refractivity contribution in [3.63, 3.8) is 0 Å². The minimum absolute atomic E-state index is 0.194. The lowest BCUT2D eigenvalue weighted by molar-refractivity contribution is 0.121. The van der Waals surface area contributed by atoms with Crippen molar-refractivity contribution >= 4 is 6.01 Å². The molecule has 1 aliphatic heterocycles. The van der Waals surface area contributed by atoms with Crippen LogP contribution in [0.3, 0.4) is 0 Å². The summed E-state index contributed by atoms with van der Waals surface area (Å²) in [6.07, 6.45) is 1.17. The van der Waals surface area contributed by atoms with Crippen LogP contribution < -0.4 is 10.6 Å². The van der Waals surface area contributed by atoms with Gasteiger partial charge in [0.2, 0.25) is 5.89 Å². The largest absolute Gasteiger partial charge is 0.407 e. The van der Waals surface area contributed by atoms with E-state index >= 15 is 0 Å². The molecule has 1 aromatic rings. The van der Waals surface area contributed by atoms with Gasteiger partial charge in [-0.3, -0.25) is 0 Å². The monoisotopic (exact) mass is 240 g/mol. The third kappa shape index (κ3) is 3.41. The zero-order chi connectivity index (χ0) is 12.3. The SMILES string of the molecule is CC(C)NCc1nnc(NC2CCOC2C)o1. The van der Waals surface area contributed by atoms with Gasteiger partial charge in [-0.15, -0.1) is 5.10 Å². The molecule has 2 heterocycles. The van der Waals surface area contributed by atoms with Crippen LogP contribution in [0.4, 0.5) is 6.01 Å². The minimum Gasteiger partial charge on any atom is -0.407 e. The molecule has 0 spiro atoms. The topological polar surface area (TPSA) is 72.2 Å². The Balaban J connectivity index is 1.85. The molecule has 6 nitrogen and oxygen atoms in total. The fourth-order valence-corrected chi connectivity index (χ4v) is 1.75. The number of nitrogens with zero attached hydrogens (tertiary/aromatic N) is 2. The maximum atomic E-state index is 5.49. The molecule has 6 heteroatoms. The van der Waals surface area contributed by atoms with Gasteiger partial charge in [0.15, 0.2) is 0 Å². The summed E-state index contributed by atoms with van der Waals surface area (Å²) in [4.78, 5) is 0. The Hall–Kier alpha value is -1.14. The van der Waals surface area contributed by atoms with Crippen LogP contribution in [-0.2, 0) is 11.3 Å². The molecular weight excluding hydrogens is 220 g/mol. The molecule has 2 unspecified atom stereocenters. The van der Waals surface area contributed by atoms with Crippen molar-refractivity contribution in [2.75, 3.05) is 11.9 Å². The van der Waals surface area contributed by atoms with Crippen LogP contribution >= 0.6 is 0 Å². The third-order valence-corrected chi connectivity index (χ3v) is 2.81. The van der Waals surface area contributed by atoms with Crippen molar-refractivity contribution in [3.8, 4) is 0 Å². The molecule has 17 heavy (non-hydrogen) atoms. The molecule has 1 saturated heterocycles. The van der Waals surface area contributed by atoms with E-state index in [1.54, 1.807) is 0 Å². The van der Waals surface area contributed by atoms with E-state index in [0.717, 1.165) is 13.0 Å². The van der Waals surface area contributed by atoms with Crippen LogP contribution in [0.2, 0.25) is 0 Å². The summed E-state index contributed by atoms with van der Waals surface area (Å²) in [5.41, 5.74) is 0. The summed E-state index contributed by atoms with van der Waals surface area (Å²) in [5.74, 6) is 0.604. The lowest BCUT2D eigenvalue weighted by Gasteiger charge is -2.13. The Bertz CT molecular complexity index is 353. The summed E-state index contributed by atoms with van der Waals surface area (Å²) in [6, 6.07) is 1.15. The molecule has 0 aliphatic carbocycles. The average molecular weight is 240 g/mol. The van der Waals surface area contributed by atoms with Crippen molar-refractivity contribution < 1.29 is 9.15 Å². The fourth-order valence-electron chi connectivity index (χ4n) is 1.75. The zero-order valence-corrected chi connectivity index (χ0v) is 10.6. The maximum absolute atomic E-state index is 5.49. The smallest absolute Gasteiger partial charge is 0.315 e. The molecule has 2 N–H and O–H groups in total. The average Bonchev–Trinajstić information content (AvgIpc) is 2.87. The van der Waals surface area contributed by atoms with Gasteiger partial charge in [0.1, 0.15) is 0 Å². The molecular formula is C11H20N4O2. The second-order valence-corrected chi connectivity index (χ2v) is 4.65. The van der Waals surface area contributed by atoms with Crippen LogP contribution in [0.1, 0.15) is 33.1 Å². The van der Waals surface area contributed by atoms with Gasteiger partial charge in [0.05, 0.1) is 18.7 Å². The normalized spacial score (nSPS) is 24.5. The first kappa shape index (κ1) is 12.3. The molecule has 0 bridgehead atoms. The van der Waals surface area contributed by atoms with Crippen molar-refractivity contribution in [2.45, 2.75) is 51.9 Å². The Morgan fingerprint density at radius 1 is 1.41 bits per heavy atom. The second kappa shape index (κ2) is 5.46. The molecule has 1 aliphatic rings. The van der Waals surface area contributed by atoms with Gasteiger partial charge in [0.25, 0.3) is 0 Å². The zero-order valence-electron chi connectivity index (χ0n) is 10.6. The summed E-state index contributed by atoms with van der Waals surface area (Å²) >= 11 is 0. The minimum atomic E-state index is 0.194. The van der Waals surface area contributed by atoms with Gasteiger partial charge in [-0.1, -0.05) is 18.9 Å². The van der Waals surface area contributed by atoms with Crippen molar-refractivity contribution in [1.29, 1.82) is 0 Å². The predicted octanol–water partition coefficient (Wildman–Crippen LogP) is 1.16. The summed E-state index contributed by atoms with van der Waals surface area (Å²) in [6.45, 7) is 7.58. The molecule has 0 aromatic carbocycles. The number of nitrogens with one attached hydrogen (secondary N) is 2. The van der Waals surface area contributed by atoms with E-state index in [-0.39, 0.29) is 12.1 Å². The highest BCUT2D eigenvalue weighted by Crippen LogP contribution is 2.17. The van der Waals surface area contributed by atoms with E-state index in [4.69, 9.17) is 9.15 Å². The van der Waals surface area contributed by atoms with Gasteiger partial charge in [-0.25, -0.2) is 0 Å². The van der Waals surface area contributed by atoms with Crippen LogP contribution in [0, 0.1) is 0 Å². The molecule has 0 radical (unpaired) electrons. The fraction of sp³-hybridized carbons (Fsp3) is 0.818. The highest BCUT2D eigenvalue weighted by molar-refractivity contribution is 5.20. The van der Waals surface area contributed by atoms with Gasteiger partial charge in [0, 0.05) is 12.6 Å². The quantitative estimate of drug-likeness (QED) is 0.804. The predicted molar refractivity (Wildman–Crippen MR) is 63.7 cm³/mol. The Morgan fingerprint density at radius 3 is 2.88 bits per heavy atom. The van der Waals surface area contributed by atoms with Gasteiger partial charge >= 0.3 is 6.01 Å². The van der Waals surface area contributed by atoms with Crippen molar-refractivity contribution in [3.05, 3.63) is 5.89 Å². The first-order valence-electron chi connectivity index (χ1n) is 6.09. The summed E-state index contributed by atoms with van der Waals surface area (Å²) < 4.78 is 11.0. The number of ether oxygens (including phenoxy) is 1. The summed E-state index contributed by atoms with van der Waals surface area (Å²) in [7, 11) is 0. The van der Waals surface area contributed by atoms with Crippen LogP contribution in [0.15, 0.2) is 4.42 Å². The van der Waals surface area contributed by atoms with Crippen molar-refractivity contribution in [1.82, 2.24) is 15.5 Å². The lowest BCUT2D eigenvalue weighted by atomic mass is 10.2. The van der Waals surface area contributed by atoms with E-state index in [1.807, 2.05) is 6.92 Å². The van der Waals surface area contributed by atoms with Gasteiger partial charge in [-0.2, -0.15) is 0 Å². The Kier molecular flexibility index (Phi) is 3.96. The molecule has 1 fully saturated rings. The van der Waals surface area contributed by atoms with E-state index in [9.17, 15) is 0 Å². The molecule has 1 aromatic heterocycles. The van der Waals surface area contributed by atoms with E-state index in [2.05, 4.69) is 34.7 Å². The Labute approximate surface area is 101 Å². The number of aromatic nitrogens is 2. The van der Waals surface area contributed by atoms with Crippen LogP contribution in [0.5, 0.6) is 0 Å². The molecule has 96 valence electrons. The van der Waals surface area contributed by atoms with Crippen molar-refractivity contribution in [2.24, 2.45) is 0 Å². The highest BCUT2D eigenvalue weighted by atomic mass is 16.5. The summed E-state index contributed by atoms with van der Waals surface area (Å²) in [5, 5.41) is 14.4. The number of anilines is 1. The first-order valence-corrected chi connectivity index (χ1v) is 6.09. The second-order valence-electron chi connectivity index (χ2n) is 4.65. The Morgan fingerprint density at radius 2 is 2.24 bits per heavy atom. The molecule has 2 atom stereocenters. The van der Waals surface area contributed by atoms with Gasteiger partial charge in [-0.05, 0) is 13.3 Å². The molecule has 0 saturated carbocycles. The first-order chi connectivity index (χ1) is 8.15. The number of hydrogen-bond acceptors (Lipinski definition) is 6. The molecule has 2 rings (SSSR count). The van der Waals surface area contributed by atoms with E-state index < -0.39 is 0 Å². The van der Waals surface area contributed by atoms with E-state index in [1.165, 1.54) is 0 Å². The lowest BCUT2D eigenvalue weighted by Crippen LogP contribution is -2.26. The highest BCUT2D eigenvalue weighted by Gasteiger charge is 2.25.